The number of hydrogen-bond acceptors (Lipinski definition) is 3. The molecule has 2 rings (SSSR count). The molecule has 1 N–H and O–H groups in total. The lowest BCUT2D eigenvalue weighted by Crippen LogP contribution is -2.14. The van der Waals surface area contributed by atoms with E-state index in [1.165, 1.54) is 7.11 Å². The number of carbonyl (C=O) groups excluding carboxylic acids is 2. The van der Waals surface area contributed by atoms with E-state index in [0.29, 0.717) is 17.2 Å². The summed E-state index contributed by atoms with van der Waals surface area (Å²) in [5.41, 5.74) is 1.19. The molecule has 0 unspecified atom stereocenters. The van der Waals surface area contributed by atoms with Gasteiger partial charge in [-0.15, -0.1) is 0 Å². The van der Waals surface area contributed by atoms with Gasteiger partial charge in [0.1, 0.15) is 0 Å². The molecule has 0 aliphatic heterocycles. The standard InChI is InChI=1S/C13H15NO3/c1-8-7-11(8)12(15)14-10-5-3-9(4-6-10)13(16)17-2/h3-6,8,11H,7H2,1-2H3,(H,14,15)/t8-,11+/m0/s1. The summed E-state index contributed by atoms with van der Waals surface area (Å²) in [4.78, 5) is 22.9. The lowest BCUT2D eigenvalue weighted by atomic mass is 10.2. The second-order valence-electron chi connectivity index (χ2n) is 4.38. The van der Waals surface area contributed by atoms with Crippen LogP contribution in [0.2, 0.25) is 0 Å². The van der Waals surface area contributed by atoms with Gasteiger partial charge in [-0.3, -0.25) is 4.79 Å². The van der Waals surface area contributed by atoms with E-state index in [2.05, 4.69) is 17.0 Å². The summed E-state index contributed by atoms with van der Waals surface area (Å²) < 4.78 is 4.59. The third-order valence-corrected chi connectivity index (χ3v) is 3.02. The molecule has 1 aromatic rings. The smallest absolute Gasteiger partial charge is 0.337 e. The number of benzene rings is 1. The maximum absolute atomic E-state index is 11.7. The summed E-state index contributed by atoms with van der Waals surface area (Å²) >= 11 is 0. The molecule has 0 aromatic heterocycles. The molecule has 0 heterocycles. The van der Waals surface area contributed by atoms with Gasteiger partial charge in [-0.2, -0.15) is 0 Å². The normalized spacial score (nSPS) is 21.8. The summed E-state index contributed by atoms with van der Waals surface area (Å²) in [5, 5.41) is 2.83. The minimum absolute atomic E-state index is 0.0586. The van der Waals surface area contributed by atoms with Crippen molar-refractivity contribution < 1.29 is 14.3 Å². The molecular formula is C13H15NO3. The minimum Gasteiger partial charge on any atom is -0.465 e. The Bertz CT molecular complexity index is 438. The van der Waals surface area contributed by atoms with E-state index in [1.807, 2.05) is 0 Å². The Morgan fingerprint density at radius 3 is 2.35 bits per heavy atom. The number of nitrogens with one attached hydrogen (secondary N) is 1. The molecule has 1 saturated carbocycles. The van der Waals surface area contributed by atoms with Crippen LogP contribution in [-0.4, -0.2) is 19.0 Å². The van der Waals surface area contributed by atoms with Crippen LogP contribution in [-0.2, 0) is 9.53 Å². The van der Waals surface area contributed by atoms with Crippen molar-refractivity contribution in [3.63, 3.8) is 0 Å². The monoisotopic (exact) mass is 233 g/mol. The van der Waals surface area contributed by atoms with Gasteiger partial charge in [-0.05, 0) is 36.6 Å². The largest absolute Gasteiger partial charge is 0.465 e. The highest BCUT2D eigenvalue weighted by Crippen LogP contribution is 2.38. The zero-order valence-electron chi connectivity index (χ0n) is 9.90. The molecule has 90 valence electrons. The maximum Gasteiger partial charge on any atom is 0.337 e. The number of amides is 1. The van der Waals surface area contributed by atoms with Crippen LogP contribution in [0.5, 0.6) is 0 Å². The van der Waals surface area contributed by atoms with Gasteiger partial charge in [0, 0.05) is 11.6 Å². The third-order valence-electron chi connectivity index (χ3n) is 3.02. The Kier molecular flexibility index (Phi) is 3.13. The van der Waals surface area contributed by atoms with Gasteiger partial charge in [-0.25, -0.2) is 4.79 Å². The molecule has 4 nitrogen and oxygen atoms in total. The first-order valence-electron chi connectivity index (χ1n) is 5.61. The molecule has 0 radical (unpaired) electrons. The van der Waals surface area contributed by atoms with Gasteiger partial charge in [0.25, 0.3) is 0 Å². The van der Waals surface area contributed by atoms with E-state index in [4.69, 9.17) is 0 Å². The van der Waals surface area contributed by atoms with Gasteiger partial charge >= 0.3 is 5.97 Å². The molecule has 2 atom stereocenters. The second-order valence-corrected chi connectivity index (χ2v) is 4.38. The highest BCUT2D eigenvalue weighted by atomic mass is 16.5. The molecule has 0 bridgehead atoms. The van der Waals surface area contributed by atoms with Gasteiger partial charge in [0.2, 0.25) is 5.91 Å². The molecular weight excluding hydrogens is 218 g/mol. The van der Waals surface area contributed by atoms with Gasteiger partial charge in [-0.1, -0.05) is 6.92 Å². The van der Waals surface area contributed by atoms with Crippen LogP contribution < -0.4 is 5.32 Å². The molecule has 1 amide bonds. The van der Waals surface area contributed by atoms with Crippen molar-refractivity contribution in [1.29, 1.82) is 0 Å². The predicted octanol–water partition coefficient (Wildman–Crippen LogP) is 2.07. The first-order chi connectivity index (χ1) is 8.11. The van der Waals surface area contributed by atoms with E-state index < -0.39 is 0 Å². The molecule has 0 spiro atoms. The van der Waals surface area contributed by atoms with Crippen molar-refractivity contribution >= 4 is 17.6 Å². The van der Waals surface area contributed by atoms with Crippen LogP contribution in [0.25, 0.3) is 0 Å². The van der Waals surface area contributed by atoms with E-state index in [9.17, 15) is 9.59 Å². The highest BCUT2D eigenvalue weighted by Gasteiger charge is 2.38. The number of hydrogen-bond donors (Lipinski definition) is 1. The predicted molar refractivity (Wildman–Crippen MR) is 63.7 cm³/mol. The molecule has 4 heteroatoms. The molecule has 0 saturated heterocycles. The minimum atomic E-state index is -0.376. The van der Waals surface area contributed by atoms with E-state index in [0.717, 1.165) is 6.42 Å². The number of anilines is 1. The van der Waals surface area contributed by atoms with Crippen molar-refractivity contribution in [2.24, 2.45) is 11.8 Å². The Labute approximate surface area is 100.0 Å². The molecule has 1 aliphatic carbocycles. The van der Waals surface area contributed by atoms with Crippen LogP contribution in [0.3, 0.4) is 0 Å². The average molecular weight is 233 g/mol. The van der Waals surface area contributed by atoms with Crippen molar-refractivity contribution in [3.8, 4) is 0 Å². The molecule has 1 aliphatic rings. The quantitative estimate of drug-likeness (QED) is 0.813. The number of esters is 1. The lowest BCUT2D eigenvalue weighted by molar-refractivity contribution is -0.117. The number of rotatable bonds is 3. The Morgan fingerprint density at radius 2 is 1.88 bits per heavy atom. The Morgan fingerprint density at radius 1 is 1.29 bits per heavy atom. The molecule has 1 fully saturated rings. The fraction of sp³-hybridized carbons (Fsp3) is 0.385. The molecule has 1 aromatic carbocycles. The molecule has 17 heavy (non-hydrogen) atoms. The fourth-order valence-electron chi connectivity index (χ4n) is 1.73. The summed E-state index contributed by atoms with van der Waals surface area (Å²) in [6.45, 7) is 2.06. The zero-order valence-corrected chi connectivity index (χ0v) is 9.90. The van der Waals surface area contributed by atoms with Crippen LogP contribution in [0.1, 0.15) is 23.7 Å². The summed E-state index contributed by atoms with van der Waals surface area (Å²) in [7, 11) is 1.34. The summed E-state index contributed by atoms with van der Waals surface area (Å²) in [6.07, 6.45) is 0.964. The maximum atomic E-state index is 11.7. The number of carbonyl (C=O) groups is 2. The second kappa shape index (κ2) is 4.57. The summed E-state index contributed by atoms with van der Waals surface area (Å²) in [5.74, 6) is 0.321. The van der Waals surface area contributed by atoms with Crippen molar-refractivity contribution in [2.75, 3.05) is 12.4 Å². The first kappa shape index (κ1) is 11.6. The van der Waals surface area contributed by atoms with Crippen LogP contribution in [0.15, 0.2) is 24.3 Å². The average Bonchev–Trinajstić information content (AvgIpc) is 3.06. The fourth-order valence-corrected chi connectivity index (χ4v) is 1.73. The third kappa shape index (κ3) is 2.64. The number of methoxy groups -OCH3 is 1. The van der Waals surface area contributed by atoms with Crippen molar-refractivity contribution in [1.82, 2.24) is 0 Å². The Balaban J connectivity index is 1.98. The van der Waals surface area contributed by atoms with E-state index in [-0.39, 0.29) is 17.8 Å². The van der Waals surface area contributed by atoms with Crippen molar-refractivity contribution in [3.05, 3.63) is 29.8 Å². The first-order valence-corrected chi connectivity index (χ1v) is 5.61. The van der Waals surface area contributed by atoms with Crippen LogP contribution in [0, 0.1) is 11.8 Å². The lowest BCUT2D eigenvalue weighted by Gasteiger charge is -2.05. The van der Waals surface area contributed by atoms with E-state index in [1.54, 1.807) is 24.3 Å². The van der Waals surface area contributed by atoms with Crippen molar-refractivity contribution in [2.45, 2.75) is 13.3 Å². The summed E-state index contributed by atoms with van der Waals surface area (Å²) in [6, 6.07) is 6.68. The van der Waals surface area contributed by atoms with Gasteiger partial charge < -0.3 is 10.1 Å². The van der Waals surface area contributed by atoms with Gasteiger partial charge in [0.05, 0.1) is 12.7 Å². The Hall–Kier alpha value is -1.84. The van der Waals surface area contributed by atoms with E-state index >= 15 is 0 Å². The topological polar surface area (TPSA) is 55.4 Å². The highest BCUT2D eigenvalue weighted by molar-refractivity contribution is 5.95. The van der Waals surface area contributed by atoms with Crippen LogP contribution in [0.4, 0.5) is 5.69 Å². The zero-order chi connectivity index (χ0) is 12.4. The SMILES string of the molecule is COC(=O)c1ccc(NC(=O)[C@@H]2C[C@@H]2C)cc1. The van der Waals surface area contributed by atoms with Crippen LogP contribution >= 0.6 is 0 Å². The van der Waals surface area contributed by atoms with Gasteiger partial charge in [0.15, 0.2) is 0 Å². The number of ether oxygens (including phenoxy) is 1.